The van der Waals surface area contributed by atoms with Crippen molar-refractivity contribution in [2.45, 2.75) is 25.1 Å². The van der Waals surface area contributed by atoms with E-state index in [4.69, 9.17) is 0 Å². The molecule has 1 aromatic heterocycles. The van der Waals surface area contributed by atoms with Gasteiger partial charge in [-0.05, 0) is 41.7 Å². The molecule has 0 aliphatic heterocycles. The van der Waals surface area contributed by atoms with Crippen molar-refractivity contribution in [2.24, 2.45) is 12.0 Å². The highest BCUT2D eigenvalue weighted by Crippen LogP contribution is 2.14. The Kier molecular flexibility index (Phi) is 9.87. The van der Waals surface area contributed by atoms with Crippen LogP contribution in [0.1, 0.15) is 23.1 Å². The monoisotopic (exact) mass is 523 g/mol. The third-order valence-electron chi connectivity index (χ3n) is 3.95. The molecule has 0 saturated heterocycles. The first-order valence-corrected chi connectivity index (χ1v) is 10.7. The summed E-state index contributed by atoms with van der Waals surface area (Å²) in [5.41, 5.74) is 2.35. The quantitative estimate of drug-likeness (QED) is 0.239. The van der Waals surface area contributed by atoms with Crippen molar-refractivity contribution in [1.82, 2.24) is 20.4 Å². The molecule has 0 unspecified atom stereocenters. The van der Waals surface area contributed by atoms with Crippen molar-refractivity contribution < 1.29 is 12.8 Å². The maximum absolute atomic E-state index is 13.6. The minimum Gasteiger partial charge on any atom is -0.356 e. The van der Waals surface area contributed by atoms with E-state index in [1.807, 2.05) is 19.4 Å². The van der Waals surface area contributed by atoms with Gasteiger partial charge in [0.1, 0.15) is 5.82 Å². The predicted molar refractivity (Wildman–Crippen MR) is 120 cm³/mol. The summed E-state index contributed by atoms with van der Waals surface area (Å²) in [4.78, 5) is 4.14. The fraction of sp³-hybridized carbons (Fsp3) is 0.444. The number of aryl methyl sites for hydroxylation is 2. The number of halogens is 2. The number of sulfone groups is 1. The summed E-state index contributed by atoms with van der Waals surface area (Å²) in [6.07, 6.45) is 6.81. The Bertz CT molecular complexity index is 899. The number of benzene rings is 1. The van der Waals surface area contributed by atoms with E-state index < -0.39 is 15.7 Å². The number of hydrogen-bond acceptors (Lipinski definition) is 4. The van der Waals surface area contributed by atoms with Crippen LogP contribution in [-0.4, -0.2) is 44.0 Å². The van der Waals surface area contributed by atoms with Gasteiger partial charge in [0, 0.05) is 39.6 Å². The summed E-state index contributed by atoms with van der Waals surface area (Å²) >= 11 is 0. The Balaban J connectivity index is 0.00000392. The summed E-state index contributed by atoms with van der Waals surface area (Å²) in [5, 5.41) is 10.4. The molecule has 156 valence electrons. The second kappa shape index (κ2) is 11.3. The van der Waals surface area contributed by atoms with Gasteiger partial charge < -0.3 is 10.6 Å². The molecule has 2 aromatic rings. The van der Waals surface area contributed by atoms with E-state index in [1.165, 1.54) is 23.8 Å². The molecule has 1 heterocycles. The van der Waals surface area contributed by atoms with Gasteiger partial charge in [-0.1, -0.05) is 6.07 Å². The molecule has 0 bridgehead atoms. The van der Waals surface area contributed by atoms with Gasteiger partial charge in [-0.15, -0.1) is 24.0 Å². The summed E-state index contributed by atoms with van der Waals surface area (Å²) in [7, 11) is 0.337. The van der Waals surface area contributed by atoms with Crippen LogP contribution in [-0.2, 0) is 35.6 Å². The minimum absolute atomic E-state index is 0. The molecule has 10 heteroatoms. The van der Waals surface area contributed by atoms with Crippen LogP contribution in [0.25, 0.3) is 0 Å². The first-order chi connectivity index (χ1) is 12.8. The Morgan fingerprint density at radius 2 is 2.04 bits per heavy atom. The van der Waals surface area contributed by atoms with Gasteiger partial charge in [-0.25, -0.2) is 12.8 Å². The van der Waals surface area contributed by atoms with Crippen LogP contribution in [0, 0.1) is 5.82 Å². The van der Waals surface area contributed by atoms with Crippen LogP contribution in [0.2, 0.25) is 0 Å². The molecule has 0 spiro atoms. The van der Waals surface area contributed by atoms with Gasteiger partial charge in [0.05, 0.1) is 11.9 Å². The van der Waals surface area contributed by atoms with Crippen LogP contribution in [0.3, 0.4) is 0 Å². The Morgan fingerprint density at radius 3 is 2.64 bits per heavy atom. The molecular weight excluding hydrogens is 496 g/mol. The minimum atomic E-state index is -3.20. The van der Waals surface area contributed by atoms with E-state index >= 15 is 0 Å². The summed E-state index contributed by atoms with van der Waals surface area (Å²) in [6.45, 7) is 0.999. The fourth-order valence-corrected chi connectivity index (χ4v) is 3.53. The second-order valence-electron chi connectivity index (χ2n) is 6.46. The third kappa shape index (κ3) is 8.55. The Morgan fingerprint density at radius 1 is 1.29 bits per heavy atom. The van der Waals surface area contributed by atoms with Crippen molar-refractivity contribution >= 4 is 39.8 Å². The van der Waals surface area contributed by atoms with E-state index in [-0.39, 0.29) is 36.3 Å². The molecular formula is C18H27FIN5O2S. The average molecular weight is 523 g/mol. The molecule has 0 radical (unpaired) electrons. The molecule has 0 atom stereocenters. The van der Waals surface area contributed by atoms with Crippen LogP contribution < -0.4 is 10.6 Å². The average Bonchev–Trinajstić information content (AvgIpc) is 3.00. The van der Waals surface area contributed by atoms with Gasteiger partial charge in [0.2, 0.25) is 0 Å². The first-order valence-electron chi connectivity index (χ1n) is 8.64. The molecule has 28 heavy (non-hydrogen) atoms. The fourth-order valence-electron chi connectivity index (χ4n) is 2.68. The topological polar surface area (TPSA) is 88.4 Å². The molecule has 0 aliphatic carbocycles. The van der Waals surface area contributed by atoms with Crippen molar-refractivity contribution in [2.75, 3.05) is 19.8 Å². The number of aromatic nitrogens is 2. The highest BCUT2D eigenvalue weighted by Gasteiger charge is 2.11. The lowest BCUT2D eigenvalue weighted by Gasteiger charge is -2.14. The van der Waals surface area contributed by atoms with E-state index in [1.54, 1.807) is 11.7 Å². The predicted octanol–water partition coefficient (Wildman–Crippen LogP) is 2.02. The molecule has 1 aromatic carbocycles. The van der Waals surface area contributed by atoms with Crippen molar-refractivity contribution in [3.8, 4) is 0 Å². The van der Waals surface area contributed by atoms with Gasteiger partial charge >= 0.3 is 0 Å². The zero-order valence-electron chi connectivity index (χ0n) is 16.3. The van der Waals surface area contributed by atoms with E-state index in [0.717, 1.165) is 19.1 Å². The van der Waals surface area contributed by atoms with Crippen molar-refractivity contribution in [1.29, 1.82) is 0 Å². The molecule has 0 saturated carbocycles. The molecule has 0 aliphatic rings. The zero-order chi connectivity index (χ0) is 19.9. The summed E-state index contributed by atoms with van der Waals surface area (Å²) < 4.78 is 38.5. The summed E-state index contributed by atoms with van der Waals surface area (Å²) in [6, 6.07) is 4.14. The number of rotatable bonds is 8. The van der Waals surface area contributed by atoms with Gasteiger partial charge in [0.25, 0.3) is 0 Å². The highest BCUT2D eigenvalue weighted by molar-refractivity contribution is 14.0. The number of hydrogen-bond donors (Lipinski definition) is 2. The van der Waals surface area contributed by atoms with Crippen LogP contribution in [0.5, 0.6) is 0 Å². The number of aliphatic imine (C=N–C) groups is 1. The van der Waals surface area contributed by atoms with Gasteiger partial charge in [-0.2, -0.15) is 5.10 Å². The van der Waals surface area contributed by atoms with Crippen LogP contribution in [0.15, 0.2) is 35.6 Å². The Hall–Kier alpha value is -1.69. The highest BCUT2D eigenvalue weighted by atomic mass is 127. The van der Waals surface area contributed by atoms with Crippen LogP contribution in [0.4, 0.5) is 4.39 Å². The Labute approximate surface area is 182 Å². The molecule has 2 rings (SSSR count). The maximum atomic E-state index is 13.6. The molecule has 2 N–H and O–H groups in total. The number of nitrogens with zero attached hydrogens (tertiary/aromatic N) is 3. The third-order valence-corrected chi connectivity index (χ3v) is 4.78. The summed E-state index contributed by atoms with van der Waals surface area (Å²) in [5.74, 6) is 0.0563. The van der Waals surface area contributed by atoms with E-state index in [9.17, 15) is 12.8 Å². The number of nitrogens with one attached hydrogen (secondary N) is 2. The molecule has 0 fully saturated rings. The standard InChI is InChI=1S/C18H26FN5O2S.HI/c1-20-18(21-8-4-5-14-10-23-24(2)12-14)22-11-16-9-17(19)7-6-15(16)13-27(3,25)26;/h6-7,9-10,12H,4-5,8,11,13H2,1-3H3,(H2,20,21,22);1H. The lowest BCUT2D eigenvalue weighted by molar-refractivity contribution is 0.599. The largest absolute Gasteiger partial charge is 0.356 e. The van der Waals surface area contributed by atoms with Gasteiger partial charge in [0.15, 0.2) is 15.8 Å². The first kappa shape index (κ1) is 24.3. The molecule has 0 amide bonds. The number of guanidine groups is 1. The van der Waals surface area contributed by atoms with E-state index in [2.05, 4.69) is 20.7 Å². The normalized spacial score (nSPS) is 11.8. The maximum Gasteiger partial charge on any atom is 0.191 e. The van der Waals surface area contributed by atoms with Crippen LogP contribution >= 0.6 is 24.0 Å². The smallest absolute Gasteiger partial charge is 0.191 e. The lowest BCUT2D eigenvalue weighted by Crippen LogP contribution is -2.37. The van der Waals surface area contributed by atoms with Gasteiger partial charge in [-0.3, -0.25) is 9.67 Å². The second-order valence-corrected chi connectivity index (χ2v) is 8.60. The molecule has 7 nitrogen and oxygen atoms in total. The van der Waals surface area contributed by atoms with Crippen molar-refractivity contribution in [3.63, 3.8) is 0 Å². The SMILES string of the molecule is CN=C(NCCCc1cnn(C)c1)NCc1cc(F)ccc1CS(C)(=O)=O.I. The van der Waals surface area contributed by atoms with E-state index in [0.29, 0.717) is 23.6 Å². The lowest BCUT2D eigenvalue weighted by atomic mass is 10.1. The van der Waals surface area contributed by atoms with Crippen molar-refractivity contribution in [3.05, 3.63) is 53.1 Å². The zero-order valence-corrected chi connectivity index (χ0v) is 19.4.